The Morgan fingerprint density at radius 3 is 2.24 bits per heavy atom. The zero-order valence-electron chi connectivity index (χ0n) is 9.09. The maximum absolute atomic E-state index is 12.1. The number of alkyl halides is 3. The van der Waals surface area contributed by atoms with Gasteiger partial charge < -0.3 is 10.4 Å². The van der Waals surface area contributed by atoms with Crippen molar-refractivity contribution in [2.75, 3.05) is 0 Å². The summed E-state index contributed by atoms with van der Waals surface area (Å²) in [7, 11) is 0. The van der Waals surface area contributed by atoms with E-state index >= 15 is 0 Å². The lowest BCUT2D eigenvalue weighted by Crippen LogP contribution is -2.46. The first-order valence-electron chi connectivity index (χ1n) is 5.40. The number of carboxylic acid groups (broad SMARTS) is 1. The van der Waals surface area contributed by atoms with E-state index < -0.39 is 30.5 Å². The third kappa shape index (κ3) is 4.24. The summed E-state index contributed by atoms with van der Waals surface area (Å²) in [6.45, 7) is 0. The predicted octanol–water partition coefficient (Wildman–Crippen LogP) is 1.70. The fourth-order valence-electron chi connectivity index (χ4n) is 2.13. The molecule has 0 radical (unpaired) electrons. The second-order valence-electron chi connectivity index (χ2n) is 4.22. The van der Waals surface area contributed by atoms with Crippen molar-refractivity contribution in [1.82, 2.24) is 5.32 Å². The summed E-state index contributed by atoms with van der Waals surface area (Å²) in [6.07, 6.45) is -2.38. The number of hydrogen-bond acceptors (Lipinski definition) is 2. The van der Waals surface area contributed by atoms with Gasteiger partial charge in [-0.05, 0) is 18.8 Å². The van der Waals surface area contributed by atoms with Crippen LogP contribution < -0.4 is 5.32 Å². The number of carbonyl (C=O) groups is 2. The molecule has 1 fully saturated rings. The lowest BCUT2D eigenvalue weighted by Gasteiger charge is -2.23. The van der Waals surface area contributed by atoms with E-state index in [-0.39, 0.29) is 5.92 Å². The van der Waals surface area contributed by atoms with Gasteiger partial charge in [0.2, 0.25) is 0 Å². The van der Waals surface area contributed by atoms with Crippen molar-refractivity contribution < 1.29 is 27.9 Å². The van der Waals surface area contributed by atoms with Gasteiger partial charge in [-0.3, -0.25) is 9.59 Å². The highest BCUT2D eigenvalue weighted by atomic mass is 19.4. The molecule has 98 valence electrons. The number of carbonyl (C=O) groups excluding carboxylic acids is 1. The van der Waals surface area contributed by atoms with Gasteiger partial charge in [0.1, 0.15) is 0 Å². The number of nitrogens with one attached hydrogen (secondary N) is 1. The topological polar surface area (TPSA) is 66.4 Å². The van der Waals surface area contributed by atoms with Gasteiger partial charge in [0, 0.05) is 6.04 Å². The molecule has 1 amide bonds. The summed E-state index contributed by atoms with van der Waals surface area (Å²) < 4.78 is 36.2. The molecule has 0 aromatic rings. The fourth-order valence-corrected chi connectivity index (χ4v) is 2.13. The van der Waals surface area contributed by atoms with Gasteiger partial charge in [-0.2, -0.15) is 13.2 Å². The van der Waals surface area contributed by atoms with Crippen molar-refractivity contribution in [3.05, 3.63) is 0 Å². The van der Waals surface area contributed by atoms with Crippen LogP contribution in [0.25, 0.3) is 0 Å². The second kappa shape index (κ2) is 5.37. The molecule has 0 aliphatic heterocycles. The first-order chi connectivity index (χ1) is 7.80. The minimum atomic E-state index is -4.96. The molecule has 1 atom stereocenters. The van der Waals surface area contributed by atoms with Gasteiger partial charge >= 0.3 is 18.1 Å². The maximum atomic E-state index is 12.1. The Labute approximate surface area is 96.2 Å². The van der Waals surface area contributed by atoms with Crippen molar-refractivity contribution >= 4 is 11.9 Å². The minimum Gasteiger partial charge on any atom is -0.481 e. The fraction of sp³-hybridized carbons (Fsp3) is 0.800. The lowest BCUT2D eigenvalue weighted by molar-refractivity contribution is -0.175. The minimum absolute atomic E-state index is 0.169. The maximum Gasteiger partial charge on any atom is 0.471 e. The Kier molecular flexibility index (Phi) is 4.36. The molecule has 17 heavy (non-hydrogen) atoms. The molecule has 0 spiro atoms. The van der Waals surface area contributed by atoms with Gasteiger partial charge in [0.25, 0.3) is 0 Å². The quantitative estimate of drug-likeness (QED) is 0.801. The summed E-state index contributed by atoms with van der Waals surface area (Å²) in [5.74, 6) is -3.43. The van der Waals surface area contributed by atoms with Crippen LogP contribution in [0.1, 0.15) is 32.1 Å². The smallest absolute Gasteiger partial charge is 0.471 e. The van der Waals surface area contributed by atoms with Gasteiger partial charge in [0.05, 0.1) is 6.42 Å². The number of amides is 1. The number of rotatable bonds is 4. The molecule has 1 aliphatic carbocycles. The Morgan fingerprint density at radius 2 is 1.82 bits per heavy atom. The van der Waals surface area contributed by atoms with E-state index in [2.05, 4.69) is 0 Å². The highest BCUT2D eigenvalue weighted by molar-refractivity contribution is 5.82. The summed E-state index contributed by atoms with van der Waals surface area (Å²) in [5, 5.41) is 10.4. The summed E-state index contributed by atoms with van der Waals surface area (Å²) in [4.78, 5) is 21.3. The summed E-state index contributed by atoms with van der Waals surface area (Å²) in [5.41, 5.74) is 0. The average molecular weight is 253 g/mol. The SMILES string of the molecule is O=C(O)C[C@H](NC(=O)C(F)(F)F)C1CCCC1. The number of aliphatic carboxylic acids is 1. The van der Waals surface area contributed by atoms with Crippen LogP contribution in [0.15, 0.2) is 0 Å². The average Bonchev–Trinajstić information content (AvgIpc) is 2.66. The molecular weight excluding hydrogens is 239 g/mol. The predicted molar refractivity (Wildman–Crippen MR) is 52.2 cm³/mol. The van der Waals surface area contributed by atoms with Crippen molar-refractivity contribution in [3.8, 4) is 0 Å². The normalized spacial score (nSPS) is 19.0. The van der Waals surface area contributed by atoms with E-state index in [0.29, 0.717) is 12.8 Å². The Morgan fingerprint density at radius 1 is 1.29 bits per heavy atom. The van der Waals surface area contributed by atoms with Crippen LogP contribution in [0.3, 0.4) is 0 Å². The van der Waals surface area contributed by atoms with Crippen molar-refractivity contribution in [3.63, 3.8) is 0 Å². The zero-order valence-corrected chi connectivity index (χ0v) is 9.09. The molecule has 0 bridgehead atoms. The highest BCUT2D eigenvalue weighted by Gasteiger charge is 2.41. The van der Waals surface area contributed by atoms with Crippen molar-refractivity contribution in [1.29, 1.82) is 0 Å². The van der Waals surface area contributed by atoms with Crippen LogP contribution >= 0.6 is 0 Å². The Hall–Kier alpha value is -1.27. The monoisotopic (exact) mass is 253 g/mol. The summed E-state index contributed by atoms with van der Waals surface area (Å²) in [6, 6.07) is -0.927. The van der Waals surface area contributed by atoms with E-state index in [1.807, 2.05) is 0 Å². The van der Waals surface area contributed by atoms with E-state index in [4.69, 9.17) is 5.11 Å². The van der Waals surface area contributed by atoms with Gasteiger partial charge in [0.15, 0.2) is 0 Å². The Balaban J connectivity index is 2.63. The molecule has 7 heteroatoms. The van der Waals surface area contributed by atoms with E-state index in [9.17, 15) is 22.8 Å². The van der Waals surface area contributed by atoms with Crippen LogP contribution in [-0.4, -0.2) is 29.2 Å². The molecule has 0 heterocycles. The third-order valence-electron chi connectivity index (χ3n) is 2.94. The first kappa shape index (κ1) is 13.8. The van der Waals surface area contributed by atoms with Gasteiger partial charge in [-0.1, -0.05) is 12.8 Å². The molecule has 2 N–H and O–H groups in total. The second-order valence-corrected chi connectivity index (χ2v) is 4.22. The van der Waals surface area contributed by atoms with Gasteiger partial charge in [-0.25, -0.2) is 0 Å². The molecule has 4 nitrogen and oxygen atoms in total. The van der Waals surface area contributed by atoms with Crippen LogP contribution in [0.2, 0.25) is 0 Å². The van der Waals surface area contributed by atoms with Crippen molar-refractivity contribution in [2.45, 2.75) is 44.3 Å². The van der Waals surface area contributed by atoms with E-state index in [1.165, 1.54) is 0 Å². The molecule has 0 saturated heterocycles. The number of carboxylic acids is 1. The third-order valence-corrected chi connectivity index (χ3v) is 2.94. The van der Waals surface area contributed by atoms with Crippen LogP contribution in [0, 0.1) is 5.92 Å². The molecule has 0 aromatic carbocycles. The van der Waals surface area contributed by atoms with Crippen LogP contribution in [0.5, 0.6) is 0 Å². The van der Waals surface area contributed by atoms with E-state index in [1.54, 1.807) is 5.32 Å². The first-order valence-corrected chi connectivity index (χ1v) is 5.40. The molecule has 0 aromatic heterocycles. The standard InChI is InChI=1S/C10H14F3NO3/c11-10(12,13)9(17)14-7(5-8(15)16)6-3-1-2-4-6/h6-7H,1-5H2,(H,14,17)(H,15,16)/t7-/m0/s1. The van der Waals surface area contributed by atoms with Crippen LogP contribution in [-0.2, 0) is 9.59 Å². The molecule has 1 aliphatic rings. The van der Waals surface area contributed by atoms with Gasteiger partial charge in [-0.15, -0.1) is 0 Å². The highest BCUT2D eigenvalue weighted by Crippen LogP contribution is 2.29. The summed E-state index contributed by atoms with van der Waals surface area (Å²) >= 11 is 0. The van der Waals surface area contributed by atoms with E-state index in [0.717, 1.165) is 12.8 Å². The lowest BCUT2D eigenvalue weighted by atomic mass is 9.95. The molecule has 1 rings (SSSR count). The molecule has 0 unspecified atom stereocenters. The largest absolute Gasteiger partial charge is 0.481 e. The molecule has 1 saturated carbocycles. The number of hydrogen-bond donors (Lipinski definition) is 2. The molecular formula is C10H14F3NO3. The zero-order chi connectivity index (χ0) is 13.1. The Bertz CT molecular complexity index is 298. The van der Waals surface area contributed by atoms with Crippen molar-refractivity contribution in [2.24, 2.45) is 5.92 Å². The number of halogens is 3. The van der Waals surface area contributed by atoms with Crippen LogP contribution in [0.4, 0.5) is 13.2 Å².